The van der Waals surface area contributed by atoms with Crippen molar-refractivity contribution in [3.63, 3.8) is 0 Å². The first-order valence-corrected chi connectivity index (χ1v) is 18.9. The molecule has 5 aromatic rings. The Morgan fingerprint density at radius 1 is 0.909 bits per heavy atom. The Morgan fingerprint density at radius 2 is 1.67 bits per heavy atom. The zero-order valence-electron chi connectivity index (χ0n) is 31.0. The summed E-state index contributed by atoms with van der Waals surface area (Å²) in [5.41, 5.74) is 6.54. The average Bonchev–Trinajstić information content (AvgIpc) is 4.04. The van der Waals surface area contributed by atoms with Crippen LogP contribution in [0.4, 0.5) is 11.4 Å². The van der Waals surface area contributed by atoms with Crippen LogP contribution in [0.1, 0.15) is 50.0 Å². The first-order valence-electron chi connectivity index (χ1n) is 18.9. The highest BCUT2D eigenvalue weighted by Gasteiger charge is 2.35. The highest BCUT2D eigenvalue weighted by atomic mass is 16.7. The van der Waals surface area contributed by atoms with Crippen molar-refractivity contribution in [2.45, 2.75) is 38.4 Å². The third-order valence-electron chi connectivity index (χ3n) is 11.4. The normalized spacial score (nSPS) is 19.4. The summed E-state index contributed by atoms with van der Waals surface area (Å²) in [6.45, 7) is 7.41. The minimum atomic E-state index is -0.279. The molecule has 55 heavy (non-hydrogen) atoms. The number of fused-ring (bicyclic) bond motifs is 2. The van der Waals surface area contributed by atoms with Crippen molar-refractivity contribution >= 4 is 23.2 Å². The predicted octanol–water partition coefficient (Wildman–Crippen LogP) is 5.47. The molecule has 1 unspecified atom stereocenters. The van der Waals surface area contributed by atoms with Gasteiger partial charge in [-0.05, 0) is 73.4 Å². The van der Waals surface area contributed by atoms with Crippen LogP contribution in [0.2, 0.25) is 0 Å². The quantitative estimate of drug-likeness (QED) is 0.220. The number of aromatic hydroxyl groups is 1. The van der Waals surface area contributed by atoms with Crippen LogP contribution in [0.25, 0.3) is 11.3 Å². The molecule has 0 spiro atoms. The number of morpholine rings is 1. The third-order valence-corrected chi connectivity index (χ3v) is 11.4. The summed E-state index contributed by atoms with van der Waals surface area (Å²) in [6, 6.07) is 20.4. The van der Waals surface area contributed by atoms with Gasteiger partial charge in [0.2, 0.25) is 6.79 Å². The molecule has 9 rings (SSSR count). The standard InChI is InChI=1S/C42H44N6O7/c1-27-35(42(51)48(30-7-9-34(49)10-8-30)33-21-43-47(24-33)31-11-14-53-25-31)18-38(44(27)2)36-19-39-40(55-26-54-39)20-37(36)41(50)46-22-29-6-4-3-5-28(29)17-32(46)23-45-12-15-52-16-13-45/h3-10,18-21,24,31-32,49H,11-17,22-23,25-26H2,1-2H3/t31?,32-/m0/s1. The fourth-order valence-corrected chi connectivity index (χ4v) is 8.21. The lowest BCUT2D eigenvalue weighted by Gasteiger charge is -2.40. The van der Waals surface area contributed by atoms with Crippen LogP contribution in [0, 0.1) is 6.92 Å². The smallest absolute Gasteiger partial charge is 0.264 e. The molecule has 4 aliphatic rings. The van der Waals surface area contributed by atoms with Gasteiger partial charge in [-0.25, -0.2) is 0 Å². The molecule has 284 valence electrons. The van der Waals surface area contributed by atoms with Crippen LogP contribution in [0.15, 0.2) is 79.1 Å². The lowest BCUT2D eigenvalue weighted by Crippen LogP contribution is -2.52. The number of phenolic OH excluding ortho intramolecular Hbond substituents is 1. The van der Waals surface area contributed by atoms with Gasteiger partial charge in [-0.1, -0.05) is 24.3 Å². The van der Waals surface area contributed by atoms with E-state index in [1.54, 1.807) is 41.4 Å². The number of benzene rings is 3. The molecule has 4 aliphatic heterocycles. The van der Waals surface area contributed by atoms with Crippen LogP contribution in [0.5, 0.6) is 17.2 Å². The number of nitrogens with zero attached hydrogens (tertiary/aromatic N) is 6. The van der Waals surface area contributed by atoms with Crippen LogP contribution in [-0.4, -0.2) is 100.0 Å². The van der Waals surface area contributed by atoms with E-state index < -0.39 is 0 Å². The minimum absolute atomic E-state index is 0.0540. The molecule has 2 atom stereocenters. The number of carbonyl (C=O) groups excluding carboxylic acids is 2. The number of phenols is 1. The van der Waals surface area contributed by atoms with Crippen LogP contribution >= 0.6 is 0 Å². The summed E-state index contributed by atoms with van der Waals surface area (Å²) in [5, 5.41) is 14.7. The average molecular weight is 745 g/mol. The van der Waals surface area contributed by atoms with Crippen molar-refractivity contribution in [1.29, 1.82) is 0 Å². The summed E-state index contributed by atoms with van der Waals surface area (Å²) in [7, 11) is 1.90. The molecule has 0 bridgehead atoms. The van der Waals surface area contributed by atoms with Crippen molar-refractivity contribution < 1.29 is 33.6 Å². The molecule has 2 amide bonds. The van der Waals surface area contributed by atoms with Gasteiger partial charge in [0, 0.05) is 74.7 Å². The lowest BCUT2D eigenvalue weighted by molar-refractivity contribution is 0.0193. The molecule has 2 aromatic heterocycles. The number of carbonyl (C=O) groups is 2. The Labute approximate surface area is 319 Å². The van der Waals surface area contributed by atoms with E-state index >= 15 is 4.79 Å². The maximum absolute atomic E-state index is 15.1. The van der Waals surface area contributed by atoms with E-state index in [0.29, 0.717) is 83.9 Å². The molecule has 2 fully saturated rings. The van der Waals surface area contributed by atoms with Crippen LogP contribution in [0.3, 0.4) is 0 Å². The van der Waals surface area contributed by atoms with E-state index in [9.17, 15) is 9.90 Å². The zero-order valence-corrected chi connectivity index (χ0v) is 31.0. The number of hydrogen-bond acceptors (Lipinski definition) is 9. The van der Waals surface area contributed by atoms with Gasteiger partial charge >= 0.3 is 0 Å². The molecule has 13 nitrogen and oxygen atoms in total. The third kappa shape index (κ3) is 6.62. The number of anilines is 2. The first-order chi connectivity index (χ1) is 26.8. The van der Waals surface area contributed by atoms with Crippen LogP contribution < -0.4 is 14.4 Å². The Balaban J connectivity index is 1.11. The lowest BCUT2D eigenvalue weighted by atomic mass is 9.92. The number of amides is 2. The van der Waals surface area contributed by atoms with Gasteiger partial charge in [-0.2, -0.15) is 5.10 Å². The van der Waals surface area contributed by atoms with Gasteiger partial charge < -0.3 is 33.5 Å². The topological polar surface area (TPSA) is 124 Å². The van der Waals surface area contributed by atoms with Gasteiger partial charge in [-0.15, -0.1) is 0 Å². The Bertz CT molecular complexity index is 2230. The molecule has 13 heteroatoms. The molecule has 6 heterocycles. The van der Waals surface area contributed by atoms with E-state index in [0.717, 1.165) is 38.0 Å². The highest BCUT2D eigenvalue weighted by molar-refractivity contribution is 6.12. The fraction of sp³-hybridized carbons (Fsp3) is 0.357. The molecular weight excluding hydrogens is 700 g/mol. The molecule has 3 aromatic carbocycles. The number of rotatable bonds is 8. The maximum Gasteiger partial charge on any atom is 0.264 e. The van der Waals surface area contributed by atoms with Crippen molar-refractivity contribution in [1.82, 2.24) is 24.1 Å². The van der Waals surface area contributed by atoms with E-state index in [2.05, 4.69) is 28.2 Å². The van der Waals surface area contributed by atoms with Gasteiger partial charge in [0.15, 0.2) is 11.5 Å². The molecule has 2 saturated heterocycles. The molecule has 0 radical (unpaired) electrons. The Hall–Kier alpha value is -5.63. The van der Waals surface area contributed by atoms with E-state index in [-0.39, 0.29) is 36.4 Å². The number of ether oxygens (including phenoxy) is 4. The van der Waals surface area contributed by atoms with Crippen molar-refractivity contribution in [2.75, 3.05) is 57.8 Å². The van der Waals surface area contributed by atoms with Gasteiger partial charge in [0.25, 0.3) is 11.8 Å². The van der Waals surface area contributed by atoms with Crippen molar-refractivity contribution in [2.24, 2.45) is 7.05 Å². The monoisotopic (exact) mass is 744 g/mol. The minimum Gasteiger partial charge on any atom is -0.508 e. The Morgan fingerprint density at radius 3 is 2.44 bits per heavy atom. The summed E-state index contributed by atoms with van der Waals surface area (Å²) in [4.78, 5) is 35.9. The largest absolute Gasteiger partial charge is 0.508 e. The van der Waals surface area contributed by atoms with E-state index in [1.165, 1.54) is 5.56 Å². The Kier molecular flexibility index (Phi) is 9.28. The number of hydrogen-bond donors (Lipinski definition) is 1. The van der Waals surface area contributed by atoms with Crippen molar-refractivity contribution in [3.8, 4) is 28.5 Å². The molecule has 0 saturated carbocycles. The fourth-order valence-electron chi connectivity index (χ4n) is 8.21. The highest BCUT2D eigenvalue weighted by Crippen LogP contribution is 2.42. The second kappa shape index (κ2) is 14.5. The van der Waals surface area contributed by atoms with E-state index in [1.807, 2.05) is 52.5 Å². The summed E-state index contributed by atoms with van der Waals surface area (Å²) in [5.74, 6) is 0.763. The first kappa shape index (κ1) is 35.1. The SMILES string of the molecule is Cc1c(C(=O)N(c2ccc(O)cc2)c2cnn(C3CCOC3)c2)cc(-c2cc3c(cc2C(=O)N2Cc4ccccc4C[C@H]2CN2CCOCC2)OCO3)n1C. The zero-order chi connectivity index (χ0) is 37.6. The second-order valence-electron chi connectivity index (χ2n) is 14.7. The summed E-state index contributed by atoms with van der Waals surface area (Å²) in [6.07, 6.45) is 5.13. The van der Waals surface area contributed by atoms with Crippen LogP contribution in [-0.2, 0) is 29.5 Å². The van der Waals surface area contributed by atoms with Gasteiger partial charge in [-0.3, -0.25) is 24.1 Å². The van der Waals surface area contributed by atoms with Crippen molar-refractivity contribution in [3.05, 3.63) is 107 Å². The molecular formula is C42H44N6O7. The predicted molar refractivity (Wildman–Crippen MR) is 204 cm³/mol. The summed E-state index contributed by atoms with van der Waals surface area (Å²) < 4.78 is 26.7. The molecule has 0 aliphatic carbocycles. The molecule has 1 N–H and O–H groups in total. The van der Waals surface area contributed by atoms with Gasteiger partial charge in [0.1, 0.15) is 5.75 Å². The maximum atomic E-state index is 15.1. The second-order valence-corrected chi connectivity index (χ2v) is 14.7. The van der Waals surface area contributed by atoms with E-state index in [4.69, 9.17) is 18.9 Å². The van der Waals surface area contributed by atoms with Gasteiger partial charge in [0.05, 0.1) is 48.9 Å². The number of aromatic nitrogens is 3. The summed E-state index contributed by atoms with van der Waals surface area (Å²) >= 11 is 0.